The van der Waals surface area contributed by atoms with Crippen molar-refractivity contribution in [3.8, 4) is 51.8 Å². The molecule has 0 amide bonds. The van der Waals surface area contributed by atoms with Gasteiger partial charge >= 0.3 is 0 Å². The van der Waals surface area contributed by atoms with Crippen molar-refractivity contribution >= 4 is 43.6 Å². The first kappa shape index (κ1) is 28.8. The Morgan fingerprint density at radius 1 is 0.400 bits per heavy atom. The molecule has 7 aromatic carbocycles. The Labute approximate surface area is 287 Å². The van der Waals surface area contributed by atoms with Gasteiger partial charge < -0.3 is 9.13 Å². The van der Waals surface area contributed by atoms with Crippen LogP contribution >= 0.6 is 0 Å². The number of benzene rings is 7. The molecule has 2 aromatic heterocycles. The molecule has 0 atom stereocenters. The number of nitriles is 3. The number of para-hydroxylation sites is 3. The molecule has 2 heterocycles. The Morgan fingerprint density at radius 3 is 1.84 bits per heavy atom. The number of nitrogens with zero attached hydrogens (tertiary/aromatic N) is 5. The Bertz CT molecular complexity index is 2960. The van der Waals surface area contributed by atoms with E-state index in [-0.39, 0.29) is 0 Å². The average Bonchev–Trinajstić information content (AvgIpc) is 3.70. The van der Waals surface area contributed by atoms with E-state index in [0.717, 1.165) is 77.2 Å². The molecular formula is C45H25N5. The van der Waals surface area contributed by atoms with E-state index in [2.05, 4.69) is 100 Å². The van der Waals surface area contributed by atoms with Gasteiger partial charge in [0.2, 0.25) is 0 Å². The van der Waals surface area contributed by atoms with Crippen LogP contribution in [-0.4, -0.2) is 9.13 Å². The minimum absolute atomic E-state index is 0.593. The molecule has 0 N–H and O–H groups in total. The summed E-state index contributed by atoms with van der Waals surface area (Å²) in [6.45, 7) is 0. The van der Waals surface area contributed by atoms with E-state index in [1.54, 1.807) is 0 Å². The third-order valence-electron chi connectivity index (χ3n) is 9.65. The minimum atomic E-state index is 0.593. The zero-order valence-electron chi connectivity index (χ0n) is 26.7. The highest BCUT2D eigenvalue weighted by Crippen LogP contribution is 2.39. The maximum atomic E-state index is 10.2. The summed E-state index contributed by atoms with van der Waals surface area (Å²) in [5, 5.41) is 33.8. The summed E-state index contributed by atoms with van der Waals surface area (Å²) in [7, 11) is 0. The van der Waals surface area contributed by atoms with Crippen LogP contribution in [0.4, 0.5) is 0 Å². The largest absolute Gasteiger partial charge is 0.309 e. The van der Waals surface area contributed by atoms with Crippen LogP contribution in [-0.2, 0) is 0 Å². The van der Waals surface area contributed by atoms with Crippen LogP contribution in [0, 0.1) is 34.0 Å². The second-order valence-corrected chi connectivity index (χ2v) is 12.3. The molecule has 9 rings (SSSR count). The molecule has 0 spiro atoms. The van der Waals surface area contributed by atoms with Gasteiger partial charge in [0.15, 0.2) is 0 Å². The Hall–Kier alpha value is -7.39. The van der Waals surface area contributed by atoms with Crippen LogP contribution in [0.2, 0.25) is 0 Å². The SMILES string of the molecule is N#Cc1ccc2c(c1)c1ccccc1n2-c1ccc(-c2cc(-c3ccccc3-n3c4ccccc4c4c(C#N)cccc43)ccc2C#N)cc1. The second kappa shape index (κ2) is 11.4. The van der Waals surface area contributed by atoms with Gasteiger partial charge in [-0.3, -0.25) is 0 Å². The summed E-state index contributed by atoms with van der Waals surface area (Å²) in [6.07, 6.45) is 0. The van der Waals surface area contributed by atoms with Crippen molar-refractivity contribution < 1.29 is 0 Å². The van der Waals surface area contributed by atoms with Crippen LogP contribution in [0.5, 0.6) is 0 Å². The van der Waals surface area contributed by atoms with Crippen molar-refractivity contribution in [2.45, 2.75) is 0 Å². The van der Waals surface area contributed by atoms with Crippen LogP contribution in [0.15, 0.2) is 152 Å². The van der Waals surface area contributed by atoms with Gasteiger partial charge in [-0.05, 0) is 83.9 Å². The van der Waals surface area contributed by atoms with Gasteiger partial charge in [-0.2, -0.15) is 15.8 Å². The fourth-order valence-electron chi connectivity index (χ4n) is 7.44. The van der Waals surface area contributed by atoms with Crippen molar-refractivity contribution in [2.75, 3.05) is 0 Å². The fraction of sp³-hybridized carbons (Fsp3) is 0. The van der Waals surface area contributed by atoms with E-state index >= 15 is 0 Å². The van der Waals surface area contributed by atoms with Crippen LogP contribution < -0.4 is 0 Å². The fourth-order valence-corrected chi connectivity index (χ4v) is 7.44. The first-order valence-electron chi connectivity index (χ1n) is 16.3. The summed E-state index contributed by atoms with van der Waals surface area (Å²) in [5.74, 6) is 0. The molecule has 5 heteroatoms. The Balaban J connectivity index is 1.19. The van der Waals surface area contributed by atoms with Crippen LogP contribution in [0.3, 0.4) is 0 Å². The zero-order valence-corrected chi connectivity index (χ0v) is 26.7. The first-order chi connectivity index (χ1) is 24.7. The van der Waals surface area contributed by atoms with Crippen molar-refractivity contribution in [1.29, 1.82) is 15.8 Å². The molecule has 0 fully saturated rings. The molecular weight excluding hydrogens is 611 g/mol. The third kappa shape index (κ3) is 4.31. The molecule has 9 aromatic rings. The number of fused-ring (bicyclic) bond motifs is 6. The molecule has 0 aliphatic heterocycles. The molecule has 0 aliphatic carbocycles. The molecule has 0 bridgehead atoms. The maximum absolute atomic E-state index is 10.2. The summed E-state index contributed by atoms with van der Waals surface area (Å²) in [4.78, 5) is 0. The number of hydrogen-bond acceptors (Lipinski definition) is 3. The third-order valence-corrected chi connectivity index (χ3v) is 9.65. The highest BCUT2D eigenvalue weighted by molar-refractivity contribution is 6.12. The van der Waals surface area contributed by atoms with Gasteiger partial charge in [-0.1, -0.05) is 78.9 Å². The molecule has 50 heavy (non-hydrogen) atoms. The van der Waals surface area contributed by atoms with Gasteiger partial charge in [0.05, 0.1) is 62.7 Å². The zero-order chi connectivity index (χ0) is 33.8. The summed E-state index contributed by atoms with van der Waals surface area (Å²) in [6, 6.07) is 57.8. The van der Waals surface area contributed by atoms with E-state index in [4.69, 9.17) is 0 Å². The quantitative estimate of drug-likeness (QED) is 0.193. The van der Waals surface area contributed by atoms with Crippen molar-refractivity contribution in [3.63, 3.8) is 0 Å². The summed E-state index contributed by atoms with van der Waals surface area (Å²) in [5.41, 5.74) is 11.7. The van der Waals surface area contributed by atoms with E-state index in [0.29, 0.717) is 16.7 Å². The molecule has 0 saturated carbocycles. The van der Waals surface area contributed by atoms with E-state index in [1.165, 1.54) is 0 Å². The standard InChI is InChI=1S/C45H25N5/c46-26-29-16-23-43-39(24-29)36-10-2-5-13-41(36)49(43)34-21-19-30(20-22-34)38-25-31(17-18-32(38)27-47)35-9-1-4-12-40(35)50-42-14-6-3-11-37(42)45-33(28-48)8-7-15-44(45)50/h1-25H. The predicted octanol–water partition coefficient (Wildman–Crippen LogP) is 10.8. The maximum Gasteiger partial charge on any atom is 0.0998 e. The van der Waals surface area contributed by atoms with Gasteiger partial charge in [-0.25, -0.2) is 0 Å². The van der Waals surface area contributed by atoms with Gasteiger partial charge in [0, 0.05) is 38.4 Å². The van der Waals surface area contributed by atoms with E-state index in [9.17, 15) is 15.8 Å². The van der Waals surface area contributed by atoms with Gasteiger partial charge in [0.25, 0.3) is 0 Å². The average molecular weight is 636 g/mol. The van der Waals surface area contributed by atoms with Crippen LogP contribution in [0.25, 0.3) is 77.2 Å². The highest BCUT2D eigenvalue weighted by Gasteiger charge is 2.19. The van der Waals surface area contributed by atoms with E-state index in [1.807, 2.05) is 78.9 Å². The number of hydrogen-bond donors (Lipinski definition) is 0. The normalized spacial score (nSPS) is 11.1. The Kier molecular flexibility index (Phi) is 6.56. The monoisotopic (exact) mass is 635 g/mol. The van der Waals surface area contributed by atoms with E-state index < -0.39 is 0 Å². The first-order valence-corrected chi connectivity index (χ1v) is 16.3. The highest BCUT2D eigenvalue weighted by atomic mass is 15.0. The second-order valence-electron chi connectivity index (χ2n) is 12.3. The summed E-state index contributed by atoms with van der Waals surface area (Å²) >= 11 is 0. The Morgan fingerprint density at radius 2 is 1.06 bits per heavy atom. The van der Waals surface area contributed by atoms with Crippen LogP contribution in [0.1, 0.15) is 16.7 Å². The van der Waals surface area contributed by atoms with Crippen molar-refractivity contribution in [2.24, 2.45) is 0 Å². The molecule has 0 saturated heterocycles. The van der Waals surface area contributed by atoms with Gasteiger partial charge in [0.1, 0.15) is 0 Å². The molecule has 0 unspecified atom stereocenters. The van der Waals surface area contributed by atoms with Crippen molar-refractivity contribution in [3.05, 3.63) is 168 Å². The topological polar surface area (TPSA) is 81.2 Å². The predicted molar refractivity (Wildman–Crippen MR) is 200 cm³/mol. The lowest BCUT2D eigenvalue weighted by molar-refractivity contribution is 1.18. The van der Waals surface area contributed by atoms with Crippen molar-refractivity contribution in [1.82, 2.24) is 9.13 Å². The van der Waals surface area contributed by atoms with Gasteiger partial charge in [-0.15, -0.1) is 0 Å². The lowest BCUT2D eigenvalue weighted by Gasteiger charge is -2.16. The molecule has 5 nitrogen and oxygen atoms in total. The minimum Gasteiger partial charge on any atom is -0.309 e. The molecule has 230 valence electrons. The number of aromatic nitrogens is 2. The lowest BCUT2D eigenvalue weighted by Crippen LogP contribution is -1.98. The number of rotatable bonds is 4. The lowest BCUT2D eigenvalue weighted by atomic mass is 9.94. The smallest absolute Gasteiger partial charge is 0.0998 e. The molecule has 0 radical (unpaired) electrons. The summed E-state index contributed by atoms with van der Waals surface area (Å²) < 4.78 is 4.45. The molecule has 0 aliphatic rings.